The van der Waals surface area contributed by atoms with E-state index in [2.05, 4.69) is 24.3 Å². The summed E-state index contributed by atoms with van der Waals surface area (Å²) in [5.74, 6) is 0.259. The highest BCUT2D eigenvalue weighted by atomic mass is 35.5. The lowest BCUT2D eigenvalue weighted by Gasteiger charge is -2.53. The third kappa shape index (κ3) is 5.99. The summed E-state index contributed by atoms with van der Waals surface area (Å²) in [5, 5.41) is 0.719. The van der Waals surface area contributed by atoms with Crippen LogP contribution in [0, 0.1) is 11.3 Å². The van der Waals surface area contributed by atoms with Crippen molar-refractivity contribution in [1.29, 1.82) is 0 Å². The number of carbonyl (C=O) groups excluding carboxylic acids is 1. The molecule has 1 aliphatic heterocycles. The summed E-state index contributed by atoms with van der Waals surface area (Å²) in [7, 11) is -3.50. The van der Waals surface area contributed by atoms with Crippen LogP contribution in [0.5, 0.6) is 0 Å². The fourth-order valence-electron chi connectivity index (χ4n) is 5.89. The molecular weight excluding hydrogens is 539 g/mol. The average molecular weight is 578 g/mol. The van der Waals surface area contributed by atoms with Gasteiger partial charge < -0.3 is 4.90 Å². The van der Waals surface area contributed by atoms with Gasteiger partial charge in [0, 0.05) is 28.5 Å². The Morgan fingerprint density at radius 3 is 2.34 bits per heavy atom. The van der Waals surface area contributed by atoms with E-state index in [1.54, 1.807) is 13.8 Å². The number of rotatable bonds is 11. The molecule has 38 heavy (non-hydrogen) atoms. The Balaban J connectivity index is 1.89. The molecule has 5 nitrogen and oxygen atoms in total. The van der Waals surface area contributed by atoms with Gasteiger partial charge in [0.1, 0.15) is 0 Å². The largest absolute Gasteiger partial charge is 0.330 e. The van der Waals surface area contributed by atoms with Gasteiger partial charge in [-0.25, -0.2) is 13.1 Å². The summed E-state index contributed by atoms with van der Waals surface area (Å²) in [4.78, 5) is 16.7. The van der Waals surface area contributed by atoms with Gasteiger partial charge in [0.05, 0.1) is 16.7 Å². The molecule has 0 radical (unpaired) electrons. The minimum atomic E-state index is -3.50. The van der Waals surface area contributed by atoms with Crippen LogP contribution >= 0.6 is 23.2 Å². The maximum absolute atomic E-state index is 14.6. The standard InChI is InChI=1S/C30H38Cl2N2O3S/c1-5-16-30(6-2)18-26(23-8-7-9-25(32)17-23)28(22-12-14-24(31)15-13-22)34(29(30)35)27(21-10-11-21)19-33-38(36,37)20(3)4/h5,7-9,12-15,17,20-21,26-28,33H,1,6,10-11,16,18-19H2,2-4H3/t26-,27?,28-,30+/m1/s1. The molecule has 4 atom stereocenters. The summed E-state index contributed by atoms with van der Waals surface area (Å²) in [6.45, 7) is 9.57. The Morgan fingerprint density at radius 2 is 1.79 bits per heavy atom. The van der Waals surface area contributed by atoms with Gasteiger partial charge in [-0.2, -0.15) is 0 Å². The third-order valence-corrected chi connectivity index (χ3v) is 10.6. The topological polar surface area (TPSA) is 66.5 Å². The van der Waals surface area contributed by atoms with Crippen molar-refractivity contribution in [2.45, 2.75) is 76.1 Å². The molecule has 8 heteroatoms. The van der Waals surface area contributed by atoms with Crippen LogP contribution in [0.15, 0.2) is 61.2 Å². The number of piperidine rings is 1. The number of hydrogen-bond donors (Lipinski definition) is 1. The van der Waals surface area contributed by atoms with Crippen molar-refractivity contribution in [1.82, 2.24) is 9.62 Å². The summed E-state index contributed by atoms with van der Waals surface area (Å²) in [5.41, 5.74) is 1.41. The normalized spacial score (nSPS) is 25.0. The summed E-state index contributed by atoms with van der Waals surface area (Å²) >= 11 is 12.7. The Morgan fingerprint density at radius 1 is 1.11 bits per heavy atom. The predicted octanol–water partition coefficient (Wildman–Crippen LogP) is 7.13. The molecule has 1 heterocycles. The van der Waals surface area contributed by atoms with Crippen molar-refractivity contribution < 1.29 is 13.2 Å². The number of likely N-dealkylation sites (tertiary alicyclic amines) is 1. The van der Waals surface area contributed by atoms with E-state index >= 15 is 0 Å². The first-order valence-corrected chi connectivity index (χ1v) is 15.8. The van der Waals surface area contributed by atoms with Gasteiger partial charge >= 0.3 is 0 Å². The number of amides is 1. The van der Waals surface area contributed by atoms with Crippen molar-refractivity contribution in [3.05, 3.63) is 82.4 Å². The van der Waals surface area contributed by atoms with E-state index in [9.17, 15) is 13.2 Å². The van der Waals surface area contributed by atoms with Crippen LogP contribution in [0.4, 0.5) is 0 Å². The number of allylic oxidation sites excluding steroid dienone is 1. The molecule has 2 aromatic carbocycles. The molecule has 1 saturated carbocycles. The number of nitrogens with one attached hydrogen (secondary N) is 1. The Hall–Kier alpha value is -1.86. The molecule has 1 N–H and O–H groups in total. The van der Waals surface area contributed by atoms with Crippen LogP contribution in [0.2, 0.25) is 10.0 Å². The van der Waals surface area contributed by atoms with Gasteiger partial charge in [0.15, 0.2) is 0 Å². The smallest absolute Gasteiger partial charge is 0.229 e. The van der Waals surface area contributed by atoms with Crippen LogP contribution in [0.25, 0.3) is 0 Å². The fraction of sp³-hybridized carbons (Fsp3) is 0.500. The molecule has 1 saturated heterocycles. The molecule has 1 amide bonds. The van der Waals surface area contributed by atoms with E-state index < -0.39 is 20.7 Å². The van der Waals surface area contributed by atoms with E-state index in [0.717, 1.165) is 24.0 Å². The highest BCUT2D eigenvalue weighted by molar-refractivity contribution is 7.90. The lowest BCUT2D eigenvalue weighted by molar-refractivity contribution is -0.156. The lowest BCUT2D eigenvalue weighted by atomic mass is 9.65. The summed E-state index contributed by atoms with van der Waals surface area (Å²) in [6, 6.07) is 15.0. The molecule has 0 spiro atoms. The maximum atomic E-state index is 14.6. The van der Waals surface area contributed by atoms with Gasteiger partial charge in [-0.1, -0.05) is 60.5 Å². The van der Waals surface area contributed by atoms with Crippen LogP contribution < -0.4 is 4.72 Å². The second kappa shape index (κ2) is 11.7. The fourth-order valence-corrected chi connectivity index (χ4v) is 6.95. The molecule has 0 aromatic heterocycles. The highest BCUT2D eigenvalue weighted by Gasteiger charge is 2.54. The Kier molecular flexibility index (Phi) is 8.98. The first kappa shape index (κ1) is 29.1. The third-order valence-electron chi connectivity index (χ3n) is 8.32. The molecule has 206 valence electrons. The summed E-state index contributed by atoms with van der Waals surface area (Å²) < 4.78 is 28.4. The highest BCUT2D eigenvalue weighted by Crippen LogP contribution is 2.55. The van der Waals surface area contributed by atoms with Crippen LogP contribution in [0.3, 0.4) is 0 Å². The Bertz CT molecular complexity index is 1260. The van der Waals surface area contributed by atoms with Gasteiger partial charge in [-0.15, -0.1) is 6.58 Å². The molecule has 1 aliphatic carbocycles. The quantitative estimate of drug-likeness (QED) is 0.289. The van der Waals surface area contributed by atoms with Crippen LogP contribution in [-0.4, -0.2) is 37.1 Å². The lowest BCUT2D eigenvalue weighted by Crippen LogP contribution is -2.59. The summed E-state index contributed by atoms with van der Waals surface area (Å²) in [6.07, 6.45) is 5.63. The second-order valence-electron chi connectivity index (χ2n) is 11.0. The average Bonchev–Trinajstić information content (AvgIpc) is 3.72. The first-order chi connectivity index (χ1) is 18.0. The molecule has 2 aromatic rings. The van der Waals surface area contributed by atoms with Crippen molar-refractivity contribution in [2.75, 3.05) is 6.54 Å². The monoisotopic (exact) mass is 576 g/mol. The van der Waals surface area contributed by atoms with Gasteiger partial charge in [-0.05, 0) is 87.3 Å². The predicted molar refractivity (Wildman–Crippen MR) is 156 cm³/mol. The van der Waals surface area contributed by atoms with E-state index in [0.29, 0.717) is 29.3 Å². The SMILES string of the molecule is C=CC[C@@]1(CC)C[C@H](c2cccc(Cl)c2)[C@@H](c2ccc(Cl)cc2)N(C(CNS(=O)(=O)C(C)C)C2CC2)C1=O. The van der Waals surface area contributed by atoms with Crippen molar-refractivity contribution in [2.24, 2.45) is 11.3 Å². The number of nitrogens with zero attached hydrogens (tertiary/aromatic N) is 1. The Labute approximate surface area is 237 Å². The van der Waals surface area contributed by atoms with Crippen molar-refractivity contribution in [3.8, 4) is 0 Å². The molecular formula is C30H38Cl2N2O3S. The second-order valence-corrected chi connectivity index (χ2v) is 14.2. The zero-order valence-corrected chi connectivity index (χ0v) is 24.7. The zero-order valence-electron chi connectivity index (χ0n) is 22.4. The molecule has 0 bridgehead atoms. The van der Waals surface area contributed by atoms with Gasteiger partial charge in [0.2, 0.25) is 15.9 Å². The van der Waals surface area contributed by atoms with Crippen molar-refractivity contribution in [3.63, 3.8) is 0 Å². The number of carbonyl (C=O) groups is 1. The molecule has 2 fully saturated rings. The zero-order chi connectivity index (χ0) is 27.7. The molecule has 2 aliphatic rings. The number of sulfonamides is 1. The van der Waals surface area contributed by atoms with E-state index in [1.165, 1.54) is 0 Å². The first-order valence-electron chi connectivity index (χ1n) is 13.5. The van der Waals surface area contributed by atoms with Crippen LogP contribution in [0.1, 0.15) is 76.0 Å². The van der Waals surface area contributed by atoms with E-state index in [1.807, 2.05) is 53.4 Å². The molecule has 4 rings (SSSR count). The maximum Gasteiger partial charge on any atom is 0.229 e. The number of halogens is 2. The van der Waals surface area contributed by atoms with Crippen LogP contribution in [-0.2, 0) is 14.8 Å². The van der Waals surface area contributed by atoms with Crippen molar-refractivity contribution >= 4 is 39.1 Å². The van der Waals surface area contributed by atoms with Gasteiger partial charge in [0.25, 0.3) is 0 Å². The van der Waals surface area contributed by atoms with E-state index in [-0.39, 0.29) is 36.4 Å². The minimum Gasteiger partial charge on any atom is -0.330 e. The van der Waals surface area contributed by atoms with E-state index in [4.69, 9.17) is 23.2 Å². The number of benzene rings is 2. The number of hydrogen-bond acceptors (Lipinski definition) is 3. The van der Waals surface area contributed by atoms with Gasteiger partial charge in [-0.3, -0.25) is 4.79 Å². The molecule has 1 unspecified atom stereocenters. The minimum absolute atomic E-state index is 0.0459.